The van der Waals surface area contributed by atoms with Gasteiger partial charge in [0.2, 0.25) is 5.91 Å². The summed E-state index contributed by atoms with van der Waals surface area (Å²) in [5.41, 5.74) is 1.60. The highest BCUT2D eigenvalue weighted by Gasteiger charge is 2.43. The fourth-order valence-electron chi connectivity index (χ4n) is 5.41. The molecule has 3 aliphatic rings. The fourth-order valence-corrected chi connectivity index (χ4v) is 5.41. The summed E-state index contributed by atoms with van der Waals surface area (Å²) in [5.74, 6) is 1.10. The molecule has 29 heavy (non-hydrogen) atoms. The van der Waals surface area contributed by atoms with Crippen LogP contribution in [0.5, 0.6) is 0 Å². The van der Waals surface area contributed by atoms with Crippen molar-refractivity contribution in [1.29, 1.82) is 0 Å². The number of hydrogen-bond acceptors (Lipinski definition) is 3. The maximum Gasteiger partial charge on any atom is 0.222 e. The summed E-state index contributed by atoms with van der Waals surface area (Å²) < 4.78 is 0. The Morgan fingerprint density at radius 2 is 1.83 bits per heavy atom. The van der Waals surface area contributed by atoms with Crippen LogP contribution in [0.3, 0.4) is 0 Å². The van der Waals surface area contributed by atoms with Crippen LogP contribution in [-0.2, 0) is 11.3 Å². The molecule has 164 valence electrons. The van der Waals surface area contributed by atoms with Crippen LogP contribution < -0.4 is 5.32 Å². The highest BCUT2D eigenvalue weighted by molar-refractivity contribution is 5.85. The van der Waals surface area contributed by atoms with Gasteiger partial charge in [-0.15, -0.1) is 24.8 Å². The molecule has 1 aliphatic carbocycles. The van der Waals surface area contributed by atoms with Crippen molar-refractivity contribution in [3.63, 3.8) is 0 Å². The predicted octanol–water partition coefficient (Wildman–Crippen LogP) is 4.27. The molecule has 0 bridgehead atoms. The molecule has 4 rings (SSSR count). The van der Waals surface area contributed by atoms with E-state index in [4.69, 9.17) is 0 Å². The van der Waals surface area contributed by atoms with E-state index >= 15 is 0 Å². The van der Waals surface area contributed by atoms with Gasteiger partial charge in [-0.2, -0.15) is 0 Å². The van der Waals surface area contributed by atoms with Crippen molar-refractivity contribution in [3.05, 3.63) is 35.9 Å². The minimum absolute atomic E-state index is 0. The van der Waals surface area contributed by atoms with Gasteiger partial charge in [-0.1, -0.05) is 49.6 Å². The normalized spacial score (nSPS) is 24.0. The maximum absolute atomic E-state index is 12.9. The van der Waals surface area contributed by atoms with Gasteiger partial charge in [-0.3, -0.25) is 9.69 Å². The number of halogens is 2. The zero-order chi connectivity index (χ0) is 18.5. The molecular weight excluding hydrogens is 405 g/mol. The summed E-state index contributed by atoms with van der Waals surface area (Å²) in [6, 6.07) is 10.9. The second-order valence-electron chi connectivity index (χ2n) is 8.90. The summed E-state index contributed by atoms with van der Waals surface area (Å²) in [4.78, 5) is 17.8. The number of carbonyl (C=O) groups is 1. The topological polar surface area (TPSA) is 35.6 Å². The molecule has 1 amide bonds. The lowest BCUT2D eigenvalue weighted by atomic mass is 9.78. The van der Waals surface area contributed by atoms with Crippen LogP contribution in [0.15, 0.2) is 30.3 Å². The summed E-state index contributed by atoms with van der Waals surface area (Å²) in [6.07, 6.45) is 9.49. The molecule has 1 unspecified atom stereocenters. The number of nitrogens with one attached hydrogen (secondary N) is 1. The van der Waals surface area contributed by atoms with Gasteiger partial charge in [-0.05, 0) is 50.3 Å². The third-order valence-electron chi connectivity index (χ3n) is 7.08. The quantitative estimate of drug-likeness (QED) is 0.740. The predicted molar refractivity (Wildman–Crippen MR) is 124 cm³/mol. The Bertz CT molecular complexity index is 616. The van der Waals surface area contributed by atoms with Gasteiger partial charge < -0.3 is 10.2 Å². The minimum atomic E-state index is 0. The third kappa shape index (κ3) is 6.10. The fraction of sp³-hybridized carbons (Fsp3) is 0.696. The Morgan fingerprint density at radius 3 is 2.52 bits per heavy atom. The van der Waals surface area contributed by atoms with Crippen molar-refractivity contribution in [2.24, 2.45) is 5.92 Å². The molecule has 0 radical (unpaired) electrons. The molecular formula is C23H37Cl2N3O. The smallest absolute Gasteiger partial charge is 0.222 e. The molecule has 3 fully saturated rings. The van der Waals surface area contributed by atoms with Crippen molar-refractivity contribution in [1.82, 2.24) is 15.1 Å². The van der Waals surface area contributed by atoms with E-state index in [1.54, 1.807) is 0 Å². The van der Waals surface area contributed by atoms with Crippen LogP contribution in [0, 0.1) is 5.92 Å². The second kappa shape index (κ2) is 11.5. The van der Waals surface area contributed by atoms with Crippen LogP contribution in [-0.4, -0.2) is 54.0 Å². The molecule has 4 nitrogen and oxygen atoms in total. The molecule has 1 spiro atoms. The second-order valence-corrected chi connectivity index (χ2v) is 8.90. The van der Waals surface area contributed by atoms with Gasteiger partial charge in [0, 0.05) is 38.1 Å². The van der Waals surface area contributed by atoms with E-state index in [1.165, 1.54) is 44.1 Å². The van der Waals surface area contributed by atoms with E-state index in [0.717, 1.165) is 52.1 Å². The van der Waals surface area contributed by atoms with E-state index in [2.05, 4.69) is 45.4 Å². The van der Waals surface area contributed by atoms with Crippen molar-refractivity contribution in [2.75, 3.05) is 32.7 Å². The molecule has 2 aliphatic heterocycles. The van der Waals surface area contributed by atoms with Crippen LogP contribution >= 0.6 is 24.8 Å². The first kappa shape index (κ1) is 24.5. The molecule has 1 aromatic rings. The van der Waals surface area contributed by atoms with Gasteiger partial charge in [-0.25, -0.2) is 0 Å². The summed E-state index contributed by atoms with van der Waals surface area (Å²) in [5, 5.41) is 3.42. The highest BCUT2D eigenvalue weighted by Crippen LogP contribution is 2.37. The molecule has 1 saturated carbocycles. The number of benzene rings is 1. The maximum atomic E-state index is 12.9. The number of nitrogens with zero attached hydrogens (tertiary/aromatic N) is 2. The largest absolute Gasteiger partial charge is 0.340 e. The van der Waals surface area contributed by atoms with Gasteiger partial charge >= 0.3 is 0 Å². The Kier molecular flexibility index (Phi) is 9.74. The number of rotatable bonds is 5. The van der Waals surface area contributed by atoms with E-state index < -0.39 is 0 Å². The molecule has 2 saturated heterocycles. The first-order valence-electron chi connectivity index (χ1n) is 11.0. The van der Waals surface area contributed by atoms with E-state index in [-0.39, 0.29) is 30.4 Å². The Morgan fingerprint density at radius 1 is 1.07 bits per heavy atom. The lowest BCUT2D eigenvalue weighted by Gasteiger charge is -2.53. The summed E-state index contributed by atoms with van der Waals surface area (Å²) in [7, 11) is 0. The van der Waals surface area contributed by atoms with E-state index in [1.807, 2.05) is 0 Å². The standard InChI is InChI=1S/C23H35N3O.2ClH/c27-22(10-9-20-11-14-24-17-20)25-15-16-26(18-21-7-3-1-4-8-21)23(19-25)12-5-2-6-13-23;;/h1,3-4,7-8,20,24H,2,5-6,9-19H2;2*1H. The number of piperazine rings is 1. The van der Waals surface area contributed by atoms with E-state index in [9.17, 15) is 4.79 Å². The van der Waals surface area contributed by atoms with E-state index in [0.29, 0.717) is 11.8 Å². The lowest BCUT2D eigenvalue weighted by Crippen LogP contribution is -2.63. The summed E-state index contributed by atoms with van der Waals surface area (Å²) >= 11 is 0. The van der Waals surface area contributed by atoms with Crippen molar-refractivity contribution >= 4 is 30.7 Å². The monoisotopic (exact) mass is 441 g/mol. The first-order chi connectivity index (χ1) is 13.3. The average molecular weight is 442 g/mol. The summed E-state index contributed by atoms with van der Waals surface area (Å²) in [6.45, 7) is 6.11. The molecule has 6 heteroatoms. The Hall–Kier alpha value is -0.810. The van der Waals surface area contributed by atoms with Crippen molar-refractivity contribution < 1.29 is 4.79 Å². The Labute approximate surface area is 188 Å². The third-order valence-corrected chi connectivity index (χ3v) is 7.08. The van der Waals surface area contributed by atoms with Gasteiger partial charge in [0.15, 0.2) is 0 Å². The van der Waals surface area contributed by atoms with Crippen LogP contribution in [0.2, 0.25) is 0 Å². The molecule has 2 heterocycles. The molecule has 1 N–H and O–H groups in total. The molecule has 1 aromatic carbocycles. The zero-order valence-electron chi connectivity index (χ0n) is 17.5. The molecule has 0 aromatic heterocycles. The SMILES string of the molecule is Cl.Cl.O=C(CCC1CCNC1)N1CCN(Cc2ccccc2)C2(CCCCC2)C1. The Balaban J connectivity index is 0.00000150. The van der Waals surface area contributed by atoms with Gasteiger partial charge in [0.1, 0.15) is 0 Å². The number of carbonyl (C=O) groups excluding carboxylic acids is 1. The molecule has 1 atom stereocenters. The first-order valence-corrected chi connectivity index (χ1v) is 11.0. The van der Waals surface area contributed by atoms with Crippen molar-refractivity contribution in [3.8, 4) is 0 Å². The average Bonchev–Trinajstić information content (AvgIpc) is 3.23. The number of amides is 1. The lowest BCUT2D eigenvalue weighted by molar-refractivity contribution is -0.139. The van der Waals surface area contributed by atoms with Crippen LogP contribution in [0.25, 0.3) is 0 Å². The van der Waals surface area contributed by atoms with Crippen LogP contribution in [0.4, 0.5) is 0 Å². The minimum Gasteiger partial charge on any atom is -0.340 e. The van der Waals surface area contributed by atoms with Gasteiger partial charge in [0.25, 0.3) is 0 Å². The van der Waals surface area contributed by atoms with Gasteiger partial charge in [0.05, 0.1) is 0 Å². The zero-order valence-corrected chi connectivity index (χ0v) is 19.1. The number of hydrogen-bond donors (Lipinski definition) is 1. The van der Waals surface area contributed by atoms with Crippen molar-refractivity contribution in [2.45, 2.75) is 63.5 Å². The van der Waals surface area contributed by atoms with Crippen LogP contribution in [0.1, 0.15) is 56.9 Å². The highest BCUT2D eigenvalue weighted by atomic mass is 35.5.